The van der Waals surface area contributed by atoms with Gasteiger partial charge in [-0.1, -0.05) is 98.4 Å². The largest absolute Gasteiger partial charge is 0.344 e. The number of benzene rings is 2. The van der Waals surface area contributed by atoms with Gasteiger partial charge in [0.2, 0.25) is 0 Å². The van der Waals surface area contributed by atoms with Crippen molar-refractivity contribution < 1.29 is 0 Å². The van der Waals surface area contributed by atoms with Crippen LogP contribution in [0.2, 0.25) is 0 Å². The molecule has 0 saturated carbocycles. The molecule has 0 amide bonds. The van der Waals surface area contributed by atoms with Gasteiger partial charge in [-0.2, -0.15) is 0 Å². The molecule has 0 saturated heterocycles. The van der Waals surface area contributed by atoms with E-state index in [9.17, 15) is 0 Å². The Kier molecular flexibility index (Phi) is 7.60. The summed E-state index contributed by atoms with van der Waals surface area (Å²) in [5.41, 5.74) is 10.2. The van der Waals surface area contributed by atoms with Crippen LogP contribution in [0.3, 0.4) is 0 Å². The Hall–Kier alpha value is -2.30. The highest BCUT2D eigenvalue weighted by Crippen LogP contribution is 2.43. The second kappa shape index (κ2) is 9.90. The lowest BCUT2D eigenvalue weighted by atomic mass is 9.92. The lowest BCUT2D eigenvalue weighted by Crippen LogP contribution is -2.61. The topological polar surface area (TPSA) is 32.5 Å². The molecule has 0 fully saturated rings. The van der Waals surface area contributed by atoms with Crippen LogP contribution in [0.1, 0.15) is 108 Å². The summed E-state index contributed by atoms with van der Waals surface area (Å²) < 4.78 is 4.87. The van der Waals surface area contributed by atoms with E-state index < -0.39 is 9.28 Å². The molecule has 0 bridgehead atoms. The highest BCUT2D eigenvalue weighted by Gasteiger charge is 2.37. The zero-order chi connectivity index (χ0) is 24.6. The van der Waals surface area contributed by atoms with Gasteiger partial charge in [0.1, 0.15) is 0 Å². The van der Waals surface area contributed by atoms with Crippen LogP contribution in [-0.2, 0) is 0 Å². The van der Waals surface area contributed by atoms with Gasteiger partial charge < -0.3 is 14.5 Å². The zero-order valence-corrected chi connectivity index (χ0v) is 23.3. The normalized spacial score (nSPS) is 17.1. The summed E-state index contributed by atoms with van der Waals surface area (Å²) in [5.74, 6) is 1.64. The van der Waals surface area contributed by atoms with Crippen molar-refractivity contribution in [3.63, 3.8) is 0 Å². The van der Waals surface area contributed by atoms with Crippen LogP contribution in [0.5, 0.6) is 0 Å². The van der Waals surface area contributed by atoms with Gasteiger partial charge in [0.15, 0.2) is 0 Å². The Balaban J connectivity index is 2.30. The van der Waals surface area contributed by atoms with E-state index >= 15 is 0 Å². The van der Waals surface area contributed by atoms with Crippen molar-refractivity contribution in [2.75, 3.05) is 9.13 Å². The minimum absolute atomic E-state index is 0.405. The Bertz CT molecular complexity index is 996. The fourth-order valence-corrected chi connectivity index (χ4v) is 7.30. The van der Waals surface area contributed by atoms with E-state index in [1.165, 1.54) is 39.3 Å². The van der Waals surface area contributed by atoms with Gasteiger partial charge in [-0.3, -0.25) is 0 Å². The van der Waals surface area contributed by atoms with E-state index in [2.05, 4.69) is 120 Å². The number of anilines is 2. The Morgan fingerprint density at radius 1 is 0.667 bits per heavy atom. The Labute approximate surface area is 203 Å². The lowest BCUT2D eigenvalue weighted by Gasteiger charge is -2.46. The molecule has 2 aromatic rings. The maximum Gasteiger partial charge on any atom is 0.336 e. The van der Waals surface area contributed by atoms with E-state index in [0.29, 0.717) is 23.7 Å². The monoisotopic (exact) mass is 461 g/mol. The van der Waals surface area contributed by atoms with Crippen LogP contribution in [0.4, 0.5) is 11.4 Å². The van der Waals surface area contributed by atoms with Gasteiger partial charge in [0.05, 0.1) is 0 Å². The van der Waals surface area contributed by atoms with Crippen LogP contribution in [0.15, 0.2) is 60.4 Å². The van der Waals surface area contributed by atoms with Crippen LogP contribution >= 0.6 is 0 Å². The molecule has 0 spiro atoms. The molecule has 0 aromatic heterocycles. The fraction of sp³-hybridized carbons (Fsp3) is 0.448. The van der Waals surface area contributed by atoms with Gasteiger partial charge in [-0.15, -0.1) is 0 Å². The van der Waals surface area contributed by atoms with Crippen molar-refractivity contribution in [3.8, 4) is 0 Å². The molecule has 1 atom stereocenters. The number of nitrogens with two attached hydrogens (primary N) is 1. The quantitative estimate of drug-likeness (QED) is 0.449. The number of allylic oxidation sites excluding steroid dienone is 2. The molecule has 0 aliphatic carbocycles. The maximum absolute atomic E-state index is 7.33. The summed E-state index contributed by atoms with van der Waals surface area (Å²) in [5, 5.41) is 7.33. The second-order valence-corrected chi connectivity index (χ2v) is 12.5. The zero-order valence-electron chi connectivity index (χ0n) is 22.1. The molecule has 3 nitrogen and oxygen atoms in total. The number of hydrogen-bond donors (Lipinski definition) is 1. The third kappa shape index (κ3) is 4.69. The summed E-state index contributed by atoms with van der Waals surface area (Å²) in [6, 6.07) is 13.5. The first-order valence-corrected chi connectivity index (χ1v) is 14.1. The number of hydrogen-bond acceptors (Lipinski definition) is 3. The third-order valence-electron chi connectivity index (χ3n) is 6.76. The molecule has 0 radical (unpaired) electrons. The third-order valence-corrected chi connectivity index (χ3v) is 9.07. The average Bonchev–Trinajstić information content (AvgIpc) is 2.72. The first kappa shape index (κ1) is 25.3. The van der Waals surface area contributed by atoms with Crippen LogP contribution in [-0.4, -0.2) is 9.28 Å². The number of rotatable bonds is 6. The van der Waals surface area contributed by atoms with Crippen molar-refractivity contribution in [1.29, 1.82) is 0 Å². The maximum atomic E-state index is 7.33. The number of nitrogens with zero attached hydrogens (tertiary/aromatic N) is 2. The van der Waals surface area contributed by atoms with E-state index in [0.717, 1.165) is 5.70 Å². The van der Waals surface area contributed by atoms with Crippen molar-refractivity contribution in [3.05, 3.63) is 82.7 Å². The first-order chi connectivity index (χ1) is 15.5. The lowest BCUT2D eigenvalue weighted by molar-refractivity contribution is 0.823. The molecule has 178 valence electrons. The summed E-state index contributed by atoms with van der Waals surface area (Å²) >= 11 is 0. The predicted octanol–water partition coefficient (Wildman–Crippen LogP) is 7.60. The van der Waals surface area contributed by atoms with Crippen molar-refractivity contribution in [2.24, 2.45) is 5.40 Å². The minimum Gasteiger partial charge on any atom is -0.344 e. The summed E-state index contributed by atoms with van der Waals surface area (Å²) in [6.07, 6.45) is 2.22. The summed E-state index contributed by atoms with van der Waals surface area (Å²) in [4.78, 5) is 0. The molecule has 1 aliphatic rings. The molecule has 33 heavy (non-hydrogen) atoms. The summed E-state index contributed by atoms with van der Waals surface area (Å²) in [6.45, 7) is 24.9. The molecule has 1 aliphatic heterocycles. The van der Waals surface area contributed by atoms with Gasteiger partial charge >= 0.3 is 9.28 Å². The van der Waals surface area contributed by atoms with Crippen LogP contribution in [0, 0.1) is 0 Å². The van der Waals surface area contributed by atoms with E-state index in [4.69, 9.17) is 5.40 Å². The first-order valence-electron chi connectivity index (χ1n) is 12.4. The molecule has 4 heteroatoms. The summed E-state index contributed by atoms with van der Waals surface area (Å²) in [7, 11) is -2.17. The van der Waals surface area contributed by atoms with Crippen molar-refractivity contribution in [1.82, 2.24) is 0 Å². The SMILES string of the molecule is C=C1C=C(C)N(c2c(C(C)C)cccc2C(C)C)[Si@H](N)N1c1c(C(C)C)cccc1C(C)C. The molecule has 0 unspecified atom stereocenters. The molecule has 1 heterocycles. The van der Waals surface area contributed by atoms with Gasteiger partial charge in [-0.25, -0.2) is 0 Å². The molecule has 2 N–H and O–H groups in total. The highest BCUT2D eigenvalue weighted by atomic mass is 28.3. The van der Waals surface area contributed by atoms with Crippen molar-refractivity contribution in [2.45, 2.75) is 86.0 Å². The fourth-order valence-electron chi connectivity index (χ4n) is 5.04. The van der Waals surface area contributed by atoms with Crippen molar-refractivity contribution >= 4 is 20.7 Å². The Morgan fingerprint density at radius 2 is 1.00 bits per heavy atom. The molecule has 2 aromatic carbocycles. The minimum atomic E-state index is -2.17. The second-order valence-electron chi connectivity index (χ2n) is 10.6. The predicted molar refractivity (Wildman–Crippen MR) is 148 cm³/mol. The smallest absolute Gasteiger partial charge is 0.336 e. The molecule has 3 rings (SSSR count). The van der Waals surface area contributed by atoms with Gasteiger partial charge in [0.25, 0.3) is 0 Å². The Morgan fingerprint density at radius 3 is 1.33 bits per heavy atom. The molecular weight excluding hydrogens is 418 g/mol. The average molecular weight is 462 g/mol. The van der Waals surface area contributed by atoms with Gasteiger partial charge in [0, 0.05) is 22.8 Å². The van der Waals surface area contributed by atoms with E-state index in [-0.39, 0.29) is 0 Å². The highest BCUT2D eigenvalue weighted by molar-refractivity contribution is 6.66. The number of para-hydroxylation sites is 2. The van der Waals surface area contributed by atoms with Crippen LogP contribution < -0.4 is 14.5 Å². The van der Waals surface area contributed by atoms with E-state index in [1.54, 1.807) is 0 Å². The van der Waals surface area contributed by atoms with Gasteiger partial charge in [-0.05, 0) is 58.9 Å². The standard InChI is InChI=1S/C29H43N3Si/c1-18(2)24-13-11-14-25(19(3)4)28(24)31-22(9)17-23(10)32(33(31)30)29-26(20(5)6)15-12-16-27(29)21(7)8/h11-21,33H,9,30H2,1-8,10H3/t33-/m1/s1. The van der Waals surface area contributed by atoms with Crippen LogP contribution in [0.25, 0.3) is 0 Å². The van der Waals surface area contributed by atoms with E-state index in [1.807, 2.05) is 0 Å². The molecular formula is C29H43N3Si.